The molecule has 21 heavy (non-hydrogen) atoms. The molecule has 0 aliphatic rings. The number of nitrogens with zero attached hydrogens (tertiary/aromatic N) is 2. The molecule has 0 unspecified atom stereocenters. The zero-order chi connectivity index (χ0) is 15.2. The lowest BCUT2D eigenvalue weighted by Gasteiger charge is -2.12. The number of aromatic nitrogens is 1. The molecule has 0 spiro atoms. The molecule has 0 fully saturated rings. The van der Waals surface area contributed by atoms with Gasteiger partial charge in [-0.2, -0.15) is 5.26 Å². The predicted molar refractivity (Wildman–Crippen MR) is 80.6 cm³/mol. The van der Waals surface area contributed by atoms with Crippen molar-refractivity contribution in [3.63, 3.8) is 0 Å². The third kappa shape index (κ3) is 3.23. The van der Waals surface area contributed by atoms with E-state index in [9.17, 15) is 5.26 Å². The molecule has 2 aromatic rings. The van der Waals surface area contributed by atoms with E-state index in [1.807, 2.05) is 31.2 Å². The summed E-state index contributed by atoms with van der Waals surface area (Å²) < 4.78 is 10.5. The fourth-order valence-electron chi connectivity index (χ4n) is 2.01. The number of pyridine rings is 1. The van der Waals surface area contributed by atoms with Crippen LogP contribution in [0.2, 0.25) is 0 Å². The molecule has 1 heterocycles. The zero-order valence-electron chi connectivity index (χ0n) is 12.3. The Kier molecular flexibility index (Phi) is 4.62. The van der Waals surface area contributed by atoms with Gasteiger partial charge < -0.3 is 14.8 Å². The first kappa shape index (κ1) is 14.7. The topological polar surface area (TPSA) is 67.2 Å². The molecule has 0 saturated carbocycles. The minimum absolute atomic E-state index is 0.512. The van der Waals surface area contributed by atoms with Crippen molar-refractivity contribution in [3.8, 4) is 17.6 Å². The third-order valence-corrected chi connectivity index (χ3v) is 3.21. The van der Waals surface area contributed by atoms with Crippen molar-refractivity contribution in [2.24, 2.45) is 0 Å². The van der Waals surface area contributed by atoms with Crippen molar-refractivity contribution in [2.45, 2.75) is 13.5 Å². The van der Waals surface area contributed by atoms with Gasteiger partial charge in [-0.05, 0) is 30.7 Å². The Bertz CT molecular complexity index is 678. The predicted octanol–water partition coefficient (Wildman–Crippen LogP) is 2.89. The Morgan fingerprint density at radius 1 is 1.24 bits per heavy atom. The fourth-order valence-corrected chi connectivity index (χ4v) is 2.01. The lowest BCUT2D eigenvalue weighted by atomic mass is 10.1. The molecule has 1 N–H and O–H groups in total. The highest BCUT2D eigenvalue weighted by Crippen LogP contribution is 2.25. The number of nitriles is 1. The number of nitrogens with one attached hydrogen (secondary N) is 1. The number of hydrogen-bond donors (Lipinski definition) is 1. The number of aryl methyl sites for hydroxylation is 1. The van der Waals surface area contributed by atoms with Crippen LogP contribution in [-0.2, 0) is 6.54 Å². The van der Waals surface area contributed by atoms with Crippen LogP contribution < -0.4 is 14.8 Å². The lowest BCUT2D eigenvalue weighted by Crippen LogP contribution is -2.05. The van der Waals surface area contributed by atoms with Gasteiger partial charge in [-0.15, -0.1) is 0 Å². The molecule has 0 saturated heterocycles. The molecule has 0 atom stereocenters. The number of anilines is 1. The number of rotatable bonds is 5. The SMILES string of the molecule is COc1ccc(CNc2nccc(C)c2C#N)c(OC)c1. The van der Waals surface area contributed by atoms with E-state index in [-0.39, 0.29) is 0 Å². The Morgan fingerprint density at radius 3 is 2.71 bits per heavy atom. The van der Waals surface area contributed by atoms with Crippen molar-refractivity contribution in [2.75, 3.05) is 19.5 Å². The monoisotopic (exact) mass is 283 g/mol. The molecule has 2 rings (SSSR count). The summed E-state index contributed by atoms with van der Waals surface area (Å²) >= 11 is 0. The van der Waals surface area contributed by atoms with E-state index in [1.165, 1.54) is 0 Å². The van der Waals surface area contributed by atoms with Gasteiger partial charge in [-0.3, -0.25) is 0 Å². The summed E-state index contributed by atoms with van der Waals surface area (Å²) in [7, 11) is 3.23. The first-order valence-electron chi connectivity index (χ1n) is 6.50. The van der Waals surface area contributed by atoms with Crippen molar-refractivity contribution >= 4 is 5.82 Å². The van der Waals surface area contributed by atoms with Gasteiger partial charge in [0.15, 0.2) is 0 Å². The molecule has 1 aromatic heterocycles. The molecule has 5 heteroatoms. The highest BCUT2D eigenvalue weighted by Gasteiger charge is 2.09. The van der Waals surface area contributed by atoms with Crippen molar-refractivity contribution < 1.29 is 9.47 Å². The molecule has 0 aliphatic carbocycles. The molecule has 5 nitrogen and oxygen atoms in total. The lowest BCUT2D eigenvalue weighted by molar-refractivity contribution is 0.391. The maximum atomic E-state index is 9.19. The maximum absolute atomic E-state index is 9.19. The van der Waals surface area contributed by atoms with Gasteiger partial charge >= 0.3 is 0 Å². The normalized spacial score (nSPS) is 9.81. The summed E-state index contributed by atoms with van der Waals surface area (Å²) in [5.74, 6) is 2.05. The van der Waals surface area contributed by atoms with Gasteiger partial charge in [-0.25, -0.2) is 4.98 Å². The van der Waals surface area contributed by atoms with E-state index in [1.54, 1.807) is 20.4 Å². The van der Waals surface area contributed by atoms with Crippen LogP contribution in [0, 0.1) is 18.3 Å². The Hall–Kier alpha value is -2.74. The van der Waals surface area contributed by atoms with Crippen LogP contribution in [-0.4, -0.2) is 19.2 Å². The van der Waals surface area contributed by atoms with Crippen LogP contribution >= 0.6 is 0 Å². The summed E-state index contributed by atoms with van der Waals surface area (Å²) in [5.41, 5.74) is 2.42. The van der Waals surface area contributed by atoms with E-state index >= 15 is 0 Å². The van der Waals surface area contributed by atoms with Crippen LogP contribution in [0.1, 0.15) is 16.7 Å². The molecule has 108 valence electrons. The molecular weight excluding hydrogens is 266 g/mol. The smallest absolute Gasteiger partial charge is 0.144 e. The second-order valence-corrected chi connectivity index (χ2v) is 4.49. The quantitative estimate of drug-likeness (QED) is 0.913. The first-order chi connectivity index (χ1) is 10.2. The van der Waals surface area contributed by atoms with E-state index in [0.29, 0.717) is 17.9 Å². The van der Waals surface area contributed by atoms with Crippen LogP contribution in [0.5, 0.6) is 11.5 Å². The average Bonchev–Trinajstić information content (AvgIpc) is 2.52. The maximum Gasteiger partial charge on any atom is 0.144 e. The summed E-state index contributed by atoms with van der Waals surface area (Å²) in [4.78, 5) is 4.22. The number of benzene rings is 1. The standard InChI is InChI=1S/C16H17N3O2/c1-11-6-7-18-16(14(11)9-17)19-10-12-4-5-13(20-2)8-15(12)21-3/h4-8H,10H2,1-3H3,(H,18,19). The first-order valence-corrected chi connectivity index (χ1v) is 6.50. The van der Waals surface area contributed by atoms with Gasteiger partial charge in [-0.1, -0.05) is 0 Å². The van der Waals surface area contributed by atoms with Crippen LogP contribution in [0.15, 0.2) is 30.5 Å². The van der Waals surface area contributed by atoms with Crippen LogP contribution in [0.3, 0.4) is 0 Å². The molecule has 0 aliphatic heterocycles. The molecule has 0 radical (unpaired) electrons. The van der Waals surface area contributed by atoms with Crippen molar-refractivity contribution in [3.05, 3.63) is 47.2 Å². The summed E-state index contributed by atoms with van der Waals surface area (Å²) in [5, 5.41) is 12.4. The number of methoxy groups -OCH3 is 2. The second kappa shape index (κ2) is 6.62. The van der Waals surface area contributed by atoms with Gasteiger partial charge in [0.05, 0.1) is 19.8 Å². The molecule has 0 bridgehead atoms. The number of hydrogen-bond acceptors (Lipinski definition) is 5. The van der Waals surface area contributed by atoms with E-state index in [2.05, 4.69) is 16.4 Å². The minimum Gasteiger partial charge on any atom is -0.497 e. The highest BCUT2D eigenvalue weighted by molar-refractivity contribution is 5.56. The van der Waals surface area contributed by atoms with Crippen LogP contribution in [0.4, 0.5) is 5.82 Å². The van der Waals surface area contributed by atoms with Crippen molar-refractivity contribution in [1.82, 2.24) is 4.98 Å². The summed E-state index contributed by atoms with van der Waals surface area (Å²) in [6, 6.07) is 9.61. The van der Waals surface area contributed by atoms with Gasteiger partial charge in [0.2, 0.25) is 0 Å². The van der Waals surface area contributed by atoms with Gasteiger partial charge in [0, 0.05) is 24.4 Å². The third-order valence-electron chi connectivity index (χ3n) is 3.21. The Labute approximate surface area is 124 Å². The highest BCUT2D eigenvalue weighted by atomic mass is 16.5. The van der Waals surface area contributed by atoms with Crippen molar-refractivity contribution in [1.29, 1.82) is 5.26 Å². The number of ether oxygens (including phenoxy) is 2. The zero-order valence-corrected chi connectivity index (χ0v) is 12.3. The Morgan fingerprint density at radius 2 is 2.05 bits per heavy atom. The van der Waals surface area contributed by atoms with Gasteiger partial charge in [0.25, 0.3) is 0 Å². The summed E-state index contributed by atoms with van der Waals surface area (Å²) in [6.07, 6.45) is 1.68. The molecule has 0 amide bonds. The minimum atomic E-state index is 0.512. The average molecular weight is 283 g/mol. The van der Waals surface area contributed by atoms with E-state index in [4.69, 9.17) is 9.47 Å². The fraction of sp³-hybridized carbons (Fsp3) is 0.250. The second-order valence-electron chi connectivity index (χ2n) is 4.49. The van der Waals surface area contributed by atoms with E-state index < -0.39 is 0 Å². The van der Waals surface area contributed by atoms with Gasteiger partial charge in [0.1, 0.15) is 23.4 Å². The van der Waals surface area contributed by atoms with Crippen LogP contribution in [0.25, 0.3) is 0 Å². The summed E-state index contributed by atoms with van der Waals surface area (Å²) in [6.45, 7) is 2.40. The Balaban J connectivity index is 2.21. The molecular formula is C16H17N3O2. The molecule has 1 aromatic carbocycles. The largest absolute Gasteiger partial charge is 0.497 e. The van der Waals surface area contributed by atoms with E-state index in [0.717, 1.165) is 22.6 Å².